The first-order chi connectivity index (χ1) is 14.3. The summed E-state index contributed by atoms with van der Waals surface area (Å²) in [5, 5.41) is 13.4. The maximum Gasteiger partial charge on any atom is 0.337 e. The van der Waals surface area contributed by atoms with Crippen LogP contribution < -0.4 is 5.32 Å². The molecule has 1 atom stereocenters. The van der Waals surface area contributed by atoms with Crippen LogP contribution in [0.3, 0.4) is 0 Å². The van der Waals surface area contributed by atoms with Gasteiger partial charge in [-0.1, -0.05) is 61.0 Å². The van der Waals surface area contributed by atoms with Gasteiger partial charge in [0.15, 0.2) is 0 Å². The molecule has 158 valence electrons. The van der Waals surface area contributed by atoms with Gasteiger partial charge in [-0.15, -0.1) is 0 Å². The Labute approximate surface area is 179 Å². The summed E-state index contributed by atoms with van der Waals surface area (Å²) in [6.07, 6.45) is 0. The summed E-state index contributed by atoms with van der Waals surface area (Å²) in [7, 11) is 0. The molecule has 0 unspecified atom stereocenters. The molecule has 2 aromatic carbocycles. The Bertz CT molecular complexity index is 1030. The van der Waals surface area contributed by atoms with E-state index in [1.54, 1.807) is 0 Å². The Kier molecular flexibility index (Phi) is 6.78. The zero-order valence-electron chi connectivity index (χ0n) is 18.6. The van der Waals surface area contributed by atoms with Crippen LogP contribution >= 0.6 is 0 Å². The van der Waals surface area contributed by atoms with Gasteiger partial charge in [-0.25, -0.2) is 4.79 Å². The summed E-state index contributed by atoms with van der Waals surface area (Å²) in [6, 6.07) is 16.8. The SMILES string of the molecule is Cc1ccc(C)c(Cn2c(C)c(CNC[C@H](C)c3ccccc3)c(C(=O)O)c2C)c1. The lowest BCUT2D eigenvalue weighted by Crippen LogP contribution is -2.21. The zero-order valence-corrected chi connectivity index (χ0v) is 18.6. The van der Waals surface area contributed by atoms with Gasteiger partial charge in [-0.05, 0) is 50.3 Å². The van der Waals surface area contributed by atoms with Crippen LogP contribution in [0.1, 0.15) is 62.4 Å². The minimum atomic E-state index is -0.858. The van der Waals surface area contributed by atoms with Crippen LogP contribution in [0.4, 0.5) is 0 Å². The smallest absolute Gasteiger partial charge is 0.337 e. The van der Waals surface area contributed by atoms with E-state index in [2.05, 4.69) is 73.1 Å². The average Bonchev–Trinajstić information content (AvgIpc) is 2.95. The highest BCUT2D eigenvalue weighted by Crippen LogP contribution is 2.25. The van der Waals surface area contributed by atoms with Crippen LogP contribution in [0.15, 0.2) is 48.5 Å². The maximum atomic E-state index is 12.1. The molecule has 1 aromatic heterocycles. The molecule has 0 saturated carbocycles. The van der Waals surface area contributed by atoms with Crippen LogP contribution in [0.2, 0.25) is 0 Å². The summed E-state index contributed by atoms with van der Waals surface area (Å²) in [5.74, 6) is -0.499. The molecular weight excluding hydrogens is 372 g/mol. The number of aromatic nitrogens is 1. The van der Waals surface area contributed by atoms with E-state index < -0.39 is 5.97 Å². The number of aromatic carboxylic acids is 1. The number of nitrogens with zero attached hydrogens (tertiary/aromatic N) is 1. The fourth-order valence-corrected chi connectivity index (χ4v) is 4.14. The standard InChI is InChI=1S/C26H32N2O2/c1-17-11-12-18(2)23(13-17)16-28-20(4)24(25(21(28)5)26(29)30)15-27-14-19(3)22-9-7-6-8-10-22/h6-13,19,27H,14-16H2,1-5H3,(H,29,30)/t19-/m0/s1. The lowest BCUT2D eigenvalue weighted by Gasteiger charge is -2.14. The Morgan fingerprint density at radius 3 is 2.40 bits per heavy atom. The lowest BCUT2D eigenvalue weighted by molar-refractivity contribution is 0.0694. The highest BCUT2D eigenvalue weighted by Gasteiger charge is 2.23. The second-order valence-electron chi connectivity index (χ2n) is 8.29. The number of carboxylic acid groups (broad SMARTS) is 1. The number of benzene rings is 2. The lowest BCUT2D eigenvalue weighted by atomic mass is 10.0. The summed E-state index contributed by atoms with van der Waals surface area (Å²) in [6.45, 7) is 12.4. The number of hydrogen-bond donors (Lipinski definition) is 2. The summed E-state index contributed by atoms with van der Waals surface area (Å²) in [4.78, 5) is 12.1. The monoisotopic (exact) mass is 404 g/mol. The van der Waals surface area contributed by atoms with E-state index in [0.717, 1.165) is 23.5 Å². The molecule has 0 bridgehead atoms. The first-order valence-corrected chi connectivity index (χ1v) is 10.5. The van der Waals surface area contributed by atoms with Crippen molar-refractivity contribution < 1.29 is 9.90 Å². The van der Waals surface area contributed by atoms with Crippen molar-refractivity contribution in [3.05, 3.63) is 93.3 Å². The zero-order chi connectivity index (χ0) is 21.8. The van der Waals surface area contributed by atoms with Gasteiger partial charge in [-0.3, -0.25) is 0 Å². The molecule has 0 aliphatic rings. The van der Waals surface area contributed by atoms with Gasteiger partial charge in [0.2, 0.25) is 0 Å². The van der Waals surface area contributed by atoms with Gasteiger partial charge in [0.05, 0.1) is 5.56 Å². The van der Waals surface area contributed by atoms with Crippen molar-refractivity contribution in [2.75, 3.05) is 6.54 Å². The van der Waals surface area contributed by atoms with Gasteiger partial charge in [-0.2, -0.15) is 0 Å². The quantitative estimate of drug-likeness (QED) is 0.531. The van der Waals surface area contributed by atoms with E-state index in [9.17, 15) is 9.90 Å². The van der Waals surface area contributed by atoms with Gasteiger partial charge in [0.1, 0.15) is 0 Å². The van der Waals surface area contributed by atoms with E-state index in [0.29, 0.717) is 24.6 Å². The van der Waals surface area contributed by atoms with Crippen molar-refractivity contribution >= 4 is 5.97 Å². The Morgan fingerprint density at radius 1 is 1.03 bits per heavy atom. The highest BCUT2D eigenvalue weighted by atomic mass is 16.4. The fourth-order valence-electron chi connectivity index (χ4n) is 4.14. The van der Waals surface area contributed by atoms with Crippen molar-refractivity contribution in [1.29, 1.82) is 0 Å². The molecule has 4 heteroatoms. The molecule has 0 spiro atoms. The molecule has 0 aliphatic carbocycles. The van der Waals surface area contributed by atoms with Gasteiger partial charge in [0.25, 0.3) is 0 Å². The normalized spacial score (nSPS) is 12.2. The van der Waals surface area contributed by atoms with Crippen LogP contribution in [0.25, 0.3) is 0 Å². The number of carboxylic acids is 1. The maximum absolute atomic E-state index is 12.1. The molecule has 4 nitrogen and oxygen atoms in total. The molecule has 0 amide bonds. The van der Waals surface area contributed by atoms with Gasteiger partial charge in [0, 0.05) is 36.6 Å². The number of rotatable bonds is 8. The summed E-state index contributed by atoms with van der Waals surface area (Å²) in [5.41, 5.74) is 8.09. The molecule has 3 rings (SSSR count). The molecule has 0 radical (unpaired) electrons. The minimum Gasteiger partial charge on any atom is -0.478 e. The van der Waals surface area contributed by atoms with E-state index in [1.165, 1.54) is 22.3 Å². The molecule has 0 fully saturated rings. The second kappa shape index (κ2) is 9.31. The fraction of sp³-hybridized carbons (Fsp3) is 0.346. The predicted molar refractivity (Wildman–Crippen MR) is 122 cm³/mol. The third-order valence-corrected chi connectivity index (χ3v) is 6.08. The van der Waals surface area contributed by atoms with Crippen molar-refractivity contribution in [3.63, 3.8) is 0 Å². The van der Waals surface area contributed by atoms with Crippen LogP contribution in [0.5, 0.6) is 0 Å². The predicted octanol–water partition coefficient (Wildman–Crippen LogP) is 5.36. The first-order valence-electron chi connectivity index (χ1n) is 10.5. The van der Waals surface area contributed by atoms with Crippen LogP contribution in [-0.2, 0) is 13.1 Å². The van der Waals surface area contributed by atoms with E-state index in [1.807, 2.05) is 19.9 Å². The van der Waals surface area contributed by atoms with E-state index >= 15 is 0 Å². The number of carbonyl (C=O) groups is 1. The van der Waals surface area contributed by atoms with Crippen molar-refractivity contribution in [3.8, 4) is 0 Å². The van der Waals surface area contributed by atoms with E-state index in [4.69, 9.17) is 0 Å². The number of hydrogen-bond acceptors (Lipinski definition) is 2. The Morgan fingerprint density at radius 2 is 1.73 bits per heavy atom. The Hall–Kier alpha value is -2.85. The molecule has 2 N–H and O–H groups in total. The molecule has 0 aliphatic heterocycles. The van der Waals surface area contributed by atoms with Crippen molar-refractivity contribution in [2.45, 2.75) is 53.6 Å². The van der Waals surface area contributed by atoms with Crippen LogP contribution in [0, 0.1) is 27.7 Å². The van der Waals surface area contributed by atoms with Gasteiger partial charge < -0.3 is 15.0 Å². The molecule has 1 heterocycles. The topological polar surface area (TPSA) is 54.3 Å². The number of aryl methyl sites for hydroxylation is 2. The molecule has 3 aromatic rings. The van der Waals surface area contributed by atoms with E-state index in [-0.39, 0.29) is 0 Å². The van der Waals surface area contributed by atoms with Crippen LogP contribution in [-0.4, -0.2) is 22.2 Å². The third-order valence-electron chi connectivity index (χ3n) is 6.08. The summed E-state index contributed by atoms with van der Waals surface area (Å²) >= 11 is 0. The van der Waals surface area contributed by atoms with Gasteiger partial charge >= 0.3 is 5.97 Å². The average molecular weight is 405 g/mol. The Balaban J connectivity index is 1.83. The molecule has 0 saturated heterocycles. The minimum absolute atomic E-state index is 0.359. The van der Waals surface area contributed by atoms with Crippen molar-refractivity contribution in [1.82, 2.24) is 9.88 Å². The first kappa shape index (κ1) is 21.8. The third kappa shape index (κ3) is 4.65. The summed E-state index contributed by atoms with van der Waals surface area (Å²) < 4.78 is 2.14. The van der Waals surface area contributed by atoms with Crippen molar-refractivity contribution in [2.24, 2.45) is 0 Å². The number of nitrogens with one attached hydrogen (secondary N) is 1. The molecule has 30 heavy (non-hydrogen) atoms. The second-order valence-corrected chi connectivity index (χ2v) is 8.29. The highest BCUT2D eigenvalue weighted by molar-refractivity contribution is 5.91. The largest absolute Gasteiger partial charge is 0.478 e. The molecular formula is C26H32N2O2.